The van der Waals surface area contributed by atoms with Gasteiger partial charge in [-0.05, 0) is 41.6 Å². The summed E-state index contributed by atoms with van der Waals surface area (Å²) < 4.78 is 8.23. The van der Waals surface area contributed by atoms with E-state index in [0.29, 0.717) is 16.7 Å². The van der Waals surface area contributed by atoms with Gasteiger partial charge in [-0.3, -0.25) is 4.79 Å². The lowest BCUT2D eigenvalue weighted by Crippen LogP contribution is -2.40. The molecule has 0 unspecified atom stereocenters. The molecule has 1 aromatic heterocycles. The van der Waals surface area contributed by atoms with Crippen LogP contribution in [0.4, 0.5) is 5.69 Å². The molecule has 2 aliphatic rings. The maximum atomic E-state index is 12.0. The minimum atomic E-state index is -0.0851. The van der Waals surface area contributed by atoms with E-state index in [0.717, 1.165) is 31.6 Å². The van der Waals surface area contributed by atoms with E-state index in [4.69, 9.17) is 4.74 Å². The van der Waals surface area contributed by atoms with Crippen LogP contribution in [0, 0.1) is 0 Å². The zero-order valence-corrected chi connectivity index (χ0v) is 14.7. The summed E-state index contributed by atoms with van der Waals surface area (Å²) in [6.07, 6.45) is 11.1. The van der Waals surface area contributed by atoms with E-state index in [-0.39, 0.29) is 5.56 Å². The Kier molecular flexibility index (Phi) is 5.18. The summed E-state index contributed by atoms with van der Waals surface area (Å²) in [4.78, 5) is 14.2. The Hall–Kier alpha value is -0.880. The predicted octanol–water partition coefficient (Wildman–Crippen LogP) is 2.86. The van der Waals surface area contributed by atoms with Gasteiger partial charge in [-0.15, -0.1) is 0 Å². The molecule has 5 nitrogen and oxygen atoms in total. The van der Waals surface area contributed by atoms with Crippen LogP contribution >= 0.6 is 15.9 Å². The molecule has 3 rings (SSSR count). The Morgan fingerprint density at radius 2 is 1.77 bits per heavy atom. The normalized spacial score (nSPS) is 21.3. The lowest BCUT2D eigenvalue weighted by Gasteiger charge is -2.36. The second kappa shape index (κ2) is 7.13. The second-order valence-corrected chi connectivity index (χ2v) is 7.15. The van der Waals surface area contributed by atoms with Crippen LogP contribution in [0.1, 0.15) is 44.9 Å². The van der Waals surface area contributed by atoms with Gasteiger partial charge in [0.25, 0.3) is 5.56 Å². The number of hydrogen-bond acceptors (Lipinski definition) is 4. The Balaban J connectivity index is 1.57. The van der Waals surface area contributed by atoms with Gasteiger partial charge in [-0.1, -0.05) is 19.3 Å². The molecule has 2 fully saturated rings. The third-order valence-corrected chi connectivity index (χ3v) is 5.52. The van der Waals surface area contributed by atoms with Crippen molar-refractivity contribution in [1.29, 1.82) is 0 Å². The molecular weight excluding hydrogens is 346 g/mol. The number of anilines is 1. The summed E-state index contributed by atoms with van der Waals surface area (Å²) in [6.45, 7) is 1.84. The highest BCUT2D eigenvalue weighted by Crippen LogP contribution is 2.28. The summed E-state index contributed by atoms with van der Waals surface area (Å²) in [5.41, 5.74) is 0.817. The number of nitrogens with zero attached hydrogens (tertiary/aromatic N) is 3. The van der Waals surface area contributed by atoms with E-state index >= 15 is 0 Å². The minimum absolute atomic E-state index is 0.0851. The van der Waals surface area contributed by atoms with Crippen molar-refractivity contribution in [2.24, 2.45) is 7.05 Å². The van der Waals surface area contributed by atoms with Crippen molar-refractivity contribution in [3.63, 3.8) is 0 Å². The monoisotopic (exact) mass is 369 g/mol. The molecular formula is C16H24BrN3O2. The van der Waals surface area contributed by atoms with Crippen molar-refractivity contribution >= 4 is 21.6 Å². The van der Waals surface area contributed by atoms with E-state index in [1.54, 1.807) is 13.2 Å². The van der Waals surface area contributed by atoms with E-state index in [1.165, 1.54) is 36.8 Å². The molecule has 122 valence electrons. The number of aromatic nitrogens is 2. The lowest BCUT2D eigenvalue weighted by molar-refractivity contribution is -0.0395. The first kappa shape index (κ1) is 16.0. The van der Waals surface area contributed by atoms with Crippen molar-refractivity contribution in [3.8, 4) is 0 Å². The van der Waals surface area contributed by atoms with E-state index in [9.17, 15) is 4.79 Å². The van der Waals surface area contributed by atoms with Gasteiger partial charge in [-0.2, -0.15) is 5.10 Å². The quantitative estimate of drug-likeness (QED) is 0.821. The first-order valence-electron chi connectivity index (χ1n) is 8.27. The smallest absolute Gasteiger partial charge is 0.282 e. The van der Waals surface area contributed by atoms with Gasteiger partial charge in [-0.25, -0.2) is 4.68 Å². The maximum Gasteiger partial charge on any atom is 0.282 e. The van der Waals surface area contributed by atoms with Crippen LogP contribution in [-0.2, 0) is 11.8 Å². The summed E-state index contributed by atoms with van der Waals surface area (Å²) in [7, 11) is 1.67. The Morgan fingerprint density at radius 1 is 1.14 bits per heavy atom. The molecule has 1 aromatic rings. The predicted molar refractivity (Wildman–Crippen MR) is 90.4 cm³/mol. The zero-order chi connectivity index (χ0) is 15.5. The fourth-order valence-corrected chi connectivity index (χ4v) is 4.04. The molecule has 2 heterocycles. The van der Waals surface area contributed by atoms with Gasteiger partial charge in [0.05, 0.1) is 24.1 Å². The molecule has 0 aromatic carbocycles. The van der Waals surface area contributed by atoms with Crippen LogP contribution in [0.25, 0.3) is 0 Å². The van der Waals surface area contributed by atoms with E-state index in [1.807, 2.05) is 0 Å². The van der Waals surface area contributed by atoms with Crippen molar-refractivity contribution < 1.29 is 4.74 Å². The third-order valence-electron chi connectivity index (χ3n) is 4.78. The van der Waals surface area contributed by atoms with E-state index < -0.39 is 0 Å². The van der Waals surface area contributed by atoms with Gasteiger partial charge in [0.15, 0.2) is 0 Å². The molecule has 6 heteroatoms. The van der Waals surface area contributed by atoms with Gasteiger partial charge in [0.1, 0.15) is 4.47 Å². The van der Waals surface area contributed by atoms with Gasteiger partial charge < -0.3 is 9.64 Å². The maximum absolute atomic E-state index is 12.0. The topological polar surface area (TPSA) is 47.4 Å². The highest BCUT2D eigenvalue weighted by Gasteiger charge is 2.25. The number of halogens is 1. The van der Waals surface area contributed by atoms with E-state index in [2.05, 4.69) is 25.9 Å². The van der Waals surface area contributed by atoms with Crippen molar-refractivity contribution in [1.82, 2.24) is 9.78 Å². The van der Waals surface area contributed by atoms with Crippen molar-refractivity contribution in [3.05, 3.63) is 21.0 Å². The molecule has 0 atom stereocenters. The average molecular weight is 370 g/mol. The second-order valence-electron chi connectivity index (χ2n) is 6.36. The fraction of sp³-hybridized carbons (Fsp3) is 0.750. The average Bonchev–Trinajstić information content (AvgIpc) is 2.55. The fourth-order valence-electron chi connectivity index (χ4n) is 3.43. The van der Waals surface area contributed by atoms with Gasteiger partial charge >= 0.3 is 0 Å². The number of hydrogen-bond donors (Lipinski definition) is 0. The Labute approximate surface area is 139 Å². The van der Waals surface area contributed by atoms with Crippen LogP contribution in [-0.4, -0.2) is 35.1 Å². The number of aryl methyl sites for hydroxylation is 1. The largest absolute Gasteiger partial charge is 0.375 e. The first-order chi connectivity index (χ1) is 10.6. The molecule has 0 radical (unpaired) electrons. The number of rotatable bonds is 3. The summed E-state index contributed by atoms with van der Waals surface area (Å²) in [6, 6.07) is 0. The number of ether oxygens (including phenoxy) is 1. The molecule has 0 amide bonds. The summed E-state index contributed by atoms with van der Waals surface area (Å²) in [5, 5.41) is 4.13. The SMILES string of the molecule is Cn1ncc(N2CCC(OC3CCCCC3)CC2)c(Br)c1=O. The van der Waals surface area contributed by atoms with Crippen LogP contribution in [0.3, 0.4) is 0 Å². The van der Waals surface area contributed by atoms with Crippen molar-refractivity contribution in [2.75, 3.05) is 18.0 Å². The molecule has 1 saturated heterocycles. The molecule has 0 spiro atoms. The molecule has 1 saturated carbocycles. The van der Waals surface area contributed by atoms with Crippen molar-refractivity contribution in [2.45, 2.75) is 57.2 Å². The Bertz CT molecular complexity index is 561. The Morgan fingerprint density at radius 3 is 2.45 bits per heavy atom. The summed E-state index contributed by atoms with van der Waals surface area (Å²) in [5.74, 6) is 0. The van der Waals surface area contributed by atoms with Crippen LogP contribution in [0.2, 0.25) is 0 Å². The highest BCUT2D eigenvalue weighted by molar-refractivity contribution is 9.10. The highest BCUT2D eigenvalue weighted by atomic mass is 79.9. The molecule has 22 heavy (non-hydrogen) atoms. The van der Waals surface area contributed by atoms with Crippen LogP contribution < -0.4 is 10.5 Å². The minimum Gasteiger partial charge on any atom is -0.375 e. The number of piperidine rings is 1. The lowest BCUT2D eigenvalue weighted by atomic mass is 9.97. The standard InChI is InChI=1S/C16H24BrN3O2/c1-19-16(21)15(17)14(11-18-19)20-9-7-13(8-10-20)22-12-5-3-2-4-6-12/h11-13H,2-10H2,1H3. The molecule has 1 aliphatic carbocycles. The first-order valence-corrected chi connectivity index (χ1v) is 9.06. The van der Waals surface area contributed by atoms with Crippen LogP contribution in [0.5, 0.6) is 0 Å². The molecule has 0 bridgehead atoms. The van der Waals surface area contributed by atoms with Gasteiger partial charge in [0.2, 0.25) is 0 Å². The third kappa shape index (κ3) is 3.54. The summed E-state index contributed by atoms with van der Waals surface area (Å²) >= 11 is 3.42. The molecule has 1 aliphatic heterocycles. The van der Waals surface area contributed by atoms with Crippen LogP contribution in [0.15, 0.2) is 15.5 Å². The molecule has 0 N–H and O–H groups in total. The zero-order valence-electron chi connectivity index (χ0n) is 13.1. The van der Waals surface area contributed by atoms with Gasteiger partial charge in [0, 0.05) is 20.1 Å².